The number of ether oxygens (including phenoxy) is 6. The first-order valence-electron chi connectivity index (χ1n) is 12.0. The van der Waals surface area contributed by atoms with E-state index in [0.717, 1.165) is 11.1 Å². The van der Waals surface area contributed by atoms with E-state index in [-0.39, 0.29) is 11.9 Å². The summed E-state index contributed by atoms with van der Waals surface area (Å²) in [5, 5.41) is -0.322. The van der Waals surface area contributed by atoms with Crippen LogP contribution < -0.4 is 4.74 Å². The minimum absolute atomic E-state index is 0.282. The minimum Gasteiger partial charge on any atom is -0.463 e. The molecule has 4 rings (SSSR count). The monoisotopic (exact) mass is 544 g/mol. The molecule has 1 saturated heterocycles. The van der Waals surface area contributed by atoms with Gasteiger partial charge in [0.2, 0.25) is 0 Å². The van der Waals surface area contributed by atoms with Crippen LogP contribution in [0.5, 0.6) is 11.5 Å². The van der Waals surface area contributed by atoms with E-state index < -0.39 is 53.7 Å². The van der Waals surface area contributed by atoms with Crippen molar-refractivity contribution >= 4 is 35.6 Å². The molecule has 1 fully saturated rings. The highest BCUT2D eigenvalue weighted by Gasteiger charge is 2.53. The number of fused-ring (bicyclic) bond motifs is 2. The maximum Gasteiger partial charge on any atom is 0.303 e. The molecule has 0 aromatic heterocycles. The van der Waals surface area contributed by atoms with Crippen molar-refractivity contribution < 1.29 is 47.6 Å². The summed E-state index contributed by atoms with van der Waals surface area (Å²) in [7, 11) is 0. The number of benzene rings is 2. The Balaban J connectivity index is 1.76. The summed E-state index contributed by atoms with van der Waals surface area (Å²) in [6.07, 6.45) is -4.59. The smallest absolute Gasteiger partial charge is 0.303 e. The molecule has 0 spiro atoms. The summed E-state index contributed by atoms with van der Waals surface area (Å²) >= 11 is 1.31. The van der Waals surface area contributed by atoms with E-state index in [9.17, 15) is 19.2 Å². The fourth-order valence-corrected chi connectivity index (χ4v) is 5.97. The molecule has 2 aliphatic rings. The van der Waals surface area contributed by atoms with Gasteiger partial charge in [0, 0.05) is 38.8 Å². The van der Waals surface area contributed by atoms with E-state index in [1.807, 2.05) is 48.5 Å². The zero-order chi connectivity index (χ0) is 27.4. The second kappa shape index (κ2) is 11.9. The molecule has 10 nitrogen and oxygen atoms in total. The molecule has 1 unspecified atom stereocenters. The summed E-state index contributed by atoms with van der Waals surface area (Å²) in [6, 6.07) is 15.1. The molecule has 2 aromatic carbocycles. The molecule has 0 saturated carbocycles. The Labute approximate surface area is 223 Å². The highest BCUT2D eigenvalue weighted by atomic mass is 32.2. The van der Waals surface area contributed by atoms with Gasteiger partial charge in [-0.25, -0.2) is 0 Å². The van der Waals surface area contributed by atoms with Gasteiger partial charge in [0.05, 0.1) is 5.25 Å². The molecule has 202 valence electrons. The van der Waals surface area contributed by atoms with Crippen LogP contribution in [-0.2, 0) is 42.9 Å². The molecule has 0 amide bonds. The molecule has 38 heavy (non-hydrogen) atoms. The van der Waals surface area contributed by atoms with Crippen molar-refractivity contribution in [2.24, 2.45) is 0 Å². The maximum atomic E-state index is 12.2. The summed E-state index contributed by atoms with van der Waals surface area (Å²) in [5.41, 5.74) is 0.813. The van der Waals surface area contributed by atoms with Gasteiger partial charge in [-0.15, -0.1) is 11.8 Å². The molecule has 0 aliphatic carbocycles. The van der Waals surface area contributed by atoms with Crippen LogP contribution >= 0.6 is 11.8 Å². The second-order valence-electron chi connectivity index (χ2n) is 8.76. The van der Waals surface area contributed by atoms with Crippen LogP contribution in [0.1, 0.15) is 44.1 Å². The topological polar surface area (TPSA) is 124 Å². The molecule has 2 heterocycles. The third kappa shape index (κ3) is 6.28. The summed E-state index contributed by atoms with van der Waals surface area (Å²) in [5.74, 6) is -1.25. The van der Waals surface area contributed by atoms with Crippen molar-refractivity contribution in [1.29, 1.82) is 0 Å². The van der Waals surface area contributed by atoms with Crippen molar-refractivity contribution in [2.75, 3.05) is 6.61 Å². The predicted molar refractivity (Wildman–Crippen MR) is 134 cm³/mol. The van der Waals surface area contributed by atoms with E-state index in [2.05, 4.69) is 0 Å². The predicted octanol–water partition coefficient (Wildman–Crippen LogP) is 3.70. The van der Waals surface area contributed by atoms with Crippen LogP contribution in [0.15, 0.2) is 48.5 Å². The number of carbonyl (C=O) groups is 4. The van der Waals surface area contributed by atoms with Crippen molar-refractivity contribution in [3.8, 4) is 11.5 Å². The lowest BCUT2D eigenvalue weighted by atomic mass is 9.99. The normalized spacial score (nSPS) is 24.2. The fraction of sp³-hybridized carbons (Fsp3) is 0.407. The number of thioether (sulfide) groups is 1. The Morgan fingerprint density at radius 3 is 1.74 bits per heavy atom. The van der Waals surface area contributed by atoms with Gasteiger partial charge in [0.15, 0.2) is 18.3 Å². The molecule has 2 aromatic rings. The van der Waals surface area contributed by atoms with Gasteiger partial charge < -0.3 is 28.4 Å². The number of esters is 4. The van der Waals surface area contributed by atoms with Crippen molar-refractivity contribution in [3.05, 3.63) is 59.7 Å². The van der Waals surface area contributed by atoms with E-state index in [0.29, 0.717) is 11.5 Å². The van der Waals surface area contributed by atoms with Gasteiger partial charge in [-0.05, 0) is 12.1 Å². The molecular formula is C27H28O10S. The van der Waals surface area contributed by atoms with Crippen molar-refractivity contribution in [2.45, 2.75) is 62.8 Å². The molecule has 5 atom stereocenters. The van der Waals surface area contributed by atoms with Gasteiger partial charge >= 0.3 is 23.9 Å². The second-order valence-corrected chi connectivity index (χ2v) is 9.97. The average molecular weight is 545 g/mol. The Kier molecular flexibility index (Phi) is 8.58. The number of carbonyl (C=O) groups excluding carboxylic acids is 4. The SMILES string of the molecule is CC(=O)OC[C@H]1OC(SC2c3ccccc3Oc3ccccc32)[C@H](OC(C)=O)[C@@H](OC(C)=O)[C@@H]1OC(C)=O. The molecule has 0 radical (unpaired) electrons. The highest BCUT2D eigenvalue weighted by molar-refractivity contribution is 8.00. The molecule has 11 heteroatoms. The molecule has 2 aliphatic heterocycles. The third-order valence-corrected chi connectivity index (χ3v) is 7.27. The third-order valence-electron chi connectivity index (χ3n) is 5.84. The van der Waals surface area contributed by atoms with E-state index in [1.54, 1.807) is 0 Å². The zero-order valence-electron chi connectivity index (χ0n) is 21.3. The number of hydrogen-bond donors (Lipinski definition) is 0. The Morgan fingerprint density at radius 2 is 1.21 bits per heavy atom. The zero-order valence-corrected chi connectivity index (χ0v) is 22.1. The average Bonchev–Trinajstić information content (AvgIpc) is 2.85. The van der Waals surface area contributed by atoms with Gasteiger partial charge in [0.1, 0.15) is 29.6 Å². The van der Waals surface area contributed by atoms with Crippen molar-refractivity contribution in [1.82, 2.24) is 0 Å². The van der Waals surface area contributed by atoms with Gasteiger partial charge in [-0.2, -0.15) is 0 Å². The van der Waals surface area contributed by atoms with Crippen LogP contribution in [0, 0.1) is 0 Å². The standard InChI is InChI=1S/C27H28O10S/c1-14(28)32-13-22-23(33-15(2)29)24(34-16(3)30)25(35-17(4)31)27(37-22)38-26-18-9-5-7-11-20(18)36-21-12-8-6-10-19(21)26/h5-12,22-27H,13H2,1-4H3/t22-,23-,24+,25-,27?/m1/s1. The van der Waals surface area contributed by atoms with Gasteiger partial charge in [0.25, 0.3) is 0 Å². The Bertz CT molecular complexity index is 1170. The summed E-state index contributed by atoms with van der Waals surface area (Å²) < 4.78 is 34.2. The Hall–Kier alpha value is -3.57. The molecule has 0 bridgehead atoms. The maximum absolute atomic E-state index is 12.2. The van der Waals surface area contributed by atoms with Crippen molar-refractivity contribution in [3.63, 3.8) is 0 Å². The lowest BCUT2D eigenvalue weighted by Crippen LogP contribution is -2.61. The lowest BCUT2D eigenvalue weighted by molar-refractivity contribution is -0.237. The quantitative estimate of drug-likeness (QED) is 0.374. The molecule has 0 N–H and O–H groups in total. The Morgan fingerprint density at radius 1 is 0.711 bits per heavy atom. The van der Waals surface area contributed by atoms with E-state index in [1.165, 1.54) is 39.5 Å². The van der Waals surface area contributed by atoms with Crippen LogP contribution in [0.25, 0.3) is 0 Å². The van der Waals surface area contributed by atoms with Crippen LogP contribution in [0.3, 0.4) is 0 Å². The van der Waals surface area contributed by atoms with E-state index >= 15 is 0 Å². The first kappa shape index (κ1) is 27.5. The summed E-state index contributed by atoms with van der Waals surface area (Å²) in [4.78, 5) is 47.9. The largest absolute Gasteiger partial charge is 0.463 e. The molecular weight excluding hydrogens is 516 g/mol. The highest BCUT2D eigenvalue weighted by Crippen LogP contribution is 2.52. The summed E-state index contributed by atoms with van der Waals surface area (Å²) in [6.45, 7) is 4.55. The van der Waals surface area contributed by atoms with Gasteiger partial charge in [-0.1, -0.05) is 36.4 Å². The first-order chi connectivity index (χ1) is 18.1. The lowest BCUT2D eigenvalue weighted by Gasteiger charge is -2.45. The number of hydrogen-bond acceptors (Lipinski definition) is 11. The fourth-order valence-electron chi connectivity index (χ4n) is 4.45. The van der Waals surface area contributed by atoms with Crippen LogP contribution in [-0.4, -0.2) is 60.3 Å². The van der Waals surface area contributed by atoms with E-state index in [4.69, 9.17) is 28.4 Å². The van der Waals surface area contributed by atoms with Gasteiger partial charge in [-0.3, -0.25) is 19.2 Å². The first-order valence-corrected chi connectivity index (χ1v) is 12.9. The number of para-hydroxylation sites is 2. The minimum atomic E-state index is -1.22. The van der Waals surface area contributed by atoms with Crippen LogP contribution in [0.4, 0.5) is 0 Å². The van der Waals surface area contributed by atoms with Crippen LogP contribution in [0.2, 0.25) is 0 Å². The number of rotatable bonds is 7.